The van der Waals surface area contributed by atoms with Gasteiger partial charge in [0.15, 0.2) is 5.78 Å². The lowest BCUT2D eigenvalue weighted by Gasteiger charge is -2.23. The van der Waals surface area contributed by atoms with Gasteiger partial charge in [0.25, 0.3) is 0 Å². The van der Waals surface area contributed by atoms with Crippen LogP contribution in [-0.4, -0.2) is 38.0 Å². The van der Waals surface area contributed by atoms with Crippen molar-refractivity contribution >= 4 is 5.78 Å². The van der Waals surface area contributed by atoms with E-state index in [9.17, 15) is 4.79 Å². The van der Waals surface area contributed by atoms with E-state index in [1.165, 1.54) is 0 Å². The van der Waals surface area contributed by atoms with Gasteiger partial charge in [-0.2, -0.15) is 0 Å². The summed E-state index contributed by atoms with van der Waals surface area (Å²) in [5.74, 6) is 0.518. The highest BCUT2D eigenvalue weighted by Gasteiger charge is 2.16. The Hall–Kier alpha value is -0.370. The molecule has 0 atom stereocenters. The highest BCUT2D eigenvalue weighted by Crippen LogP contribution is 1.98. The number of ketones is 1. The summed E-state index contributed by atoms with van der Waals surface area (Å²) in [6.07, 6.45) is 0. The molecule has 2 nitrogen and oxygen atoms in total. The Balaban J connectivity index is 3.81. The monoisotopic (exact) mass is 144 g/mol. The van der Waals surface area contributed by atoms with E-state index in [0.717, 1.165) is 4.48 Å². The summed E-state index contributed by atoms with van der Waals surface area (Å²) in [4.78, 5) is 11.1. The van der Waals surface area contributed by atoms with Crippen LogP contribution in [0.5, 0.6) is 0 Å². The molecule has 0 heterocycles. The van der Waals surface area contributed by atoms with Crippen LogP contribution in [0.1, 0.15) is 13.8 Å². The molecule has 0 amide bonds. The molecule has 0 fully saturated rings. The van der Waals surface area contributed by atoms with Gasteiger partial charge in [-0.1, -0.05) is 13.8 Å². The molecule has 0 aliphatic rings. The molecule has 0 saturated heterocycles. The number of nitrogens with zero attached hydrogens (tertiary/aromatic N) is 1. The maximum Gasteiger partial charge on any atom is 0.189 e. The van der Waals surface area contributed by atoms with E-state index in [-0.39, 0.29) is 5.92 Å². The van der Waals surface area contributed by atoms with Crippen molar-refractivity contribution < 1.29 is 9.28 Å². The average Bonchev–Trinajstić information content (AvgIpc) is 1.60. The second kappa shape index (κ2) is 3.15. The van der Waals surface area contributed by atoms with E-state index in [1.54, 1.807) is 0 Å². The minimum absolute atomic E-state index is 0.178. The topological polar surface area (TPSA) is 17.1 Å². The van der Waals surface area contributed by atoms with Crippen LogP contribution in [0.2, 0.25) is 0 Å². The highest BCUT2D eigenvalue weighted by atomic mass is 16.1. The molecule has 2 heteroatoms. The standard InChI is InChI=1S/C8H18NO/c1-7(2)8(10)6-9(3,4)5/h7H,6H2,1-5H3/q+1. The molecule has 0 aromatic carbocycles. The molecule has 0 bridgehead atoms. The van der Waals surface area contributed by atoms with Gasteiger partial charge in [0, 0.05) is 5.92 Å². The summed E-state index contributed by atoms with van der Waals surface area (Å²) in [6.45, 7) is 4.52. The number of carbonyl (C=O) groups is 1. The Morgan fingerprint density at radius 3 is 1.80 bits per heavy atom. The number of hydrogen-bond donors (Lipinski definition) is 0. The minimum atomic E-state index is 0.178. The van der Waals surface area contributed by atoms with Gasteiger partial charge in [-0.15, -0.1) is 0 Å². The first-order chi connectivity index (χ1) is 4.33. The summed E-state index contributed by atoms with van der Waals surface area (Å²) in [7, 11) is 6.08. The molecule has 0 radical (unpaired) electrons. The summed E-state index contributed by atoms with van der Waals surface area (Å²) in [5, 5.41) is 0. The third-order valence-corrected chi connectivity index (χ3v) is 1.27. The van der Waals surface area contributed by atoms with E-state index < -0.39 is 0 Å². The molecule has 0 aliphatic heterocycles. The van der Waals surface area contributed by atoms with Crippen LogP contribution in [-0.2, 0) is 4.79 Å². The van der Waals surface area contributed by atoms with Gasteiger partial charge in [-0.25, -0.2) is 0 Å². The number of quaternary nitrogens is 1. The molecule has 0 N–H and O–H groups in total. The average molecular weight is 144 g/mol. The highest BCUT2D eigenvalue weighted by molar-refractivity contribution is 5.81. The first-order valence-electron chi connectivity index (χ1n) is 3.66. The molecule has 0 aliphatic carbocycles. The van der Waals surface area contributed by atoms with Crippen molar-refractivity contribution in [1.29, 1.82) is 0 Å². The smallest absolute Gasteiger partial charge is 0.189 e. The van der Waals surface area contributed by atoms with Gasteiger partial charge in [-0.05, 0) is 0 Å². The Morgan fingerprint density at radius 1 is 1.30 bits per heavy atom. The largest absolute Gasteiger partial charge is 0.325 e. The van der Waals surface area contributed by atoms with Crippen molar-refractivity contribution in [2.24, 2.45) is 5.92 Å². The van der Waals surface area contributed by atoms with E-state index in [4.69, 9.17) is 0 Å². The molecule has 0 aromatic heterocycles. The quantitative estimate of drug-likeness (QED) is 0.538. The fourth-order valence-electron chi connectivity index (χ4n) is 0.650. The van der Waals surface area contributed by atoms with E-state index in [0.29, 0.717) is 12.3 Å². The summed E-state index contributed by atoms with van der Waals surface area (Å²) >= 11 is 0. The zero-order valence-corrected chi connectivity index (χ0v) is 7.64. The molecule has 0 rings (SSSR count). The van der Waals surface area contributed by atoms with Gasteiger partial charge in [0.05, 0.1) is 21.1 Å². The lowest BCUT2D eigenvalue weighted by atomic mass is 10.1. The molecule has 60 valence electrons. The Labute approximate surface area is 63.4 Å². The van der Waals surface area contributed by atoms with Crippen molar-refractivity contribution in [3.63, 3.8) is 0 Å². The number of likely N-dealkylation sites (N-methyl/N-ethyl adjacent to an activating group) is 1. The lowest BCUT2D eigenvalue weighted by molar-refractivity contribution is -0.862. The Bertz CT molecular complexity index is 122. The van der Waals surface area contributed by atoms with Crippen LogP contribution in [0.25, 0.3) is 0 Å². The van der Waals surface area contributed by atoms with Crippen LogP contribution in [0.3, 0.4) is 0 Å². The van der Waals surface area contributed by atoms with Crippen molar-refractivity contribution in [1.82, 2.24) is 0 Å². The number of rotatable bonds is 3. The van der Waals surface area contributed by atoms with E-state index in [1.807, 2.05) is 35.0 Å². The van der Waals surface area contributed by atoms with Crippen LogP contribution in [0.15, 0.2) is 0 Å². The van der Waals surface area contributed by atoms with Crippen molar-refractivity contribution in [3.8, 4) is 0 Å². The maximum atomic E-state index is 11.1. The normalized spacial score (nSPS) is 12.2. The molecule has 0 spiro atoms. The van der Waals surface area contributed by atoms with Gasteiger partial charge in [-0.3, -0.25) is 4.79 Å². The molecule has 10 heavy (non-hydrogen) atoms. The molecule has 0 saturated carbocycles. The maximum absolute atomic E-state index is 11.1. The van der Waals surface area contributed by atoms with Gasteiger partial charge >= 0.3 is 0 Å². The van der Waals surface area contributed by atoms with Gasteiger partial charge in [0.2, 0.25) is 0 Å². The second-order valence-corrected chi connectivity index (χ2v) is 4.07. The molecular formula is C8H18NO+. The molecule has 0 unspecified atom stereocenters. The van der Waals surface area contributed by atoms with Crippen molar-refractivity contribution in [2.45, 2.75) is 13.8 Å². The number of hydrogen-bond acceptors (Lipinski definition) is 1. The second-order valence-electron chi connectivity index (χ2n) is 4.07. The Kier molecular flexibility index (Phi) is 3.03. The molecule has 0 aromatic rings. The van der Waals surface area contributed by atoms with Crippen molar-refractivity contribution in [2.75, 3.05) is 27.7 Å². The number of carbonyl (C=O) groups excluding carboxylic acids is 1. The van der Waals surface area contributed by atoms with Crippen LogP contribution in [0.4, 0.5) is 0 Å². The summed E-state index contributed by atoms with van der Waals surface area (Å²) in [5.41, 5.74) is 0. The number of Topliss-reactive ketones (excluding diaryl/α,β-unsaturated/α-hetero) is 1. The zero-order valence-electron chi connectivity index (χ0n) is 7.64. The summed E-state index contributed by atoms with van der Waals surface area (Å²) in [6, 6.07) is 0. The predicted molar refractivity (Wildman–Crippen MR) is 42.7 cm³/mol. The third-order valence-electron chi connectivity index (χ3n) is 1.27. The van der Waals surface area contributed by atoms with Crippen molar-refractivity contribution in [3.05, 3.63) is 0 Å². The third kappa shape index (κ3) is 4.50. The van der Waals surface area contributed by atoms with Gasteiger partial charge < -0.3 is 4.48 Å². The SMILES string of the molecule is CC(C)C(=O)C[N+](C)(C)C. The molecular weight excluding hydrogens is 126 g/mol. The van der Waals surface area contributed by atoms with Gasteiger partial charge in [0.1, 0.15) is 6.54 Å². The lowest BCUT2D eigenvalue weighted by Crippen LogP contribution is -2.40. The van der Waals surface area contributed by atoms with E-state index in [2.05, 4.69) is 0 Å². The predicted octanol–water partition coefficient (Wildman–Crippen LogP) is 0.918. The van der Waals surface area contributed by atoms with Crippen LogP contribution in [0, 0.1) is 5.92 Å². The first-order valence-corrected chi connectivity index (χ1v) is 3.66. The zero-order chi connectivity index (χ0) is 8.36. The first kappa shape index (κ1) is 9.63. The minimum Gasteiger partial charge on any atom is -0.325 e. The van der Waals surface area contributed by atoms with Crippen LogP contribution >= 0.6 is 0 Å². The fourth-order valence-corrected chi connectivity index (χ4v) is 0.650. The fraction of sp³-hybridized carbons (Fsp3) is 0.875. The van der Waals surface area contributed by atoms with Crippen LogP contribution < -0.4 is 0 Å². The summed E-state index contributed by atoms with van der Waals surface area (Å²) < 4.78 is 0.733. The Morgan fingerprint density at radius 2 is 1.70 bits per heavy atom. The van der Waals surface area contributed by atoms with E-state index >= 15 is 0 Å².